The lowest BCUT2D eigenvalue weighted by molar-refractivity contribution is -0.384. The summed E-state index contributed by atoms with van der Waals surface area (Å²) in [5.41, 5.74) is -0.00554. The van der Waals surface area contributed by atoms with Gasteiger partial charge in [-0.3, -0.25) is 14.9 Å². The lowest BCUT2D eigenvalue weighted by Crippen LogP contribution is -2.12. The molecule has 108 valence electrons. The van der Waals surface area contributed by atoms with E-state index in [1.807, 2.05) is 0 Å². The van der Waals surface area contributed by atoms with Crippen LogP contribution in [0.3, 0.4) is 0 Å². The van der Waals surface area contributed by atoms with Crippen molar-refractivity contribution in [1.82, 2.24) is 0 Å². The molecule has 0 heterocycles. The van der Waals surface area contributed by atoms with Crippen molar-refractivity contribution >= 4 is 27.4 Å². The maximum Gasteiger partial charge on any atom is 0.270 e. The van der Waals surface area contributed by atoms with Gasteiger partial charge in [-0.1, -0.05) is 28.1 Å². The van der Waals surface area contributed by atoms with Gasteiger partial charge in [0.25, 0.3) is 5.69 Å². The van der Waals surface area contributed by atoms with Crippen LogP contribution >= 0.6 is 15.9 Å². The summed E-state index contributed by atoms with van der Waals surface area (Å²) >= 11 is 3.11. The molecule has 0 amide bonds. The molecule has 0 atom stereocenters. The molecule has 7 heteroatoms. The highest BCUT2D eigenvalue weighted by atomic mass is 79.9. The predicted octanol–water partition coefficient (Wildman–Crippen LogP) is 3.76. The van der Waals surface area contributed by atoms with Crippen molar-refractivity contribution in [2.24, 2.45) is 0 Å². The lowest BCUT2D eigenvalue weighted by Gasteiger charge is -2.06. The van der Waals surface area contributed by atoms with Crippen LogP contribution in [0.5, 0.6) is 5.75 Å². The van der Waals surface area contributed by atoms with Crippen molar-refractivity contribution in [2.45, 2.75) is 0 Å². The number of nitro benzene ring substituents is 1. The van der Waals surface area contributed by atoms with E-state index in [2.05, 4.69) is 15.9 Å². The zero-order chi connectivity index (χ0) is 15.4. The third kappa shape index (κ3) is 4.09. The largest absolute Gasteiger partial charge is 0.485 e. The van der Waals surface area contributed by atoms with Gasteiger partial charge in [-0.15, -0.1) is 0 Å². The number of ether oxygens (including phenoxy) is 1. The predicted molar refractivity (Wildman–Crippen MR) is 77.0 cm³/mol. The topological polar surface area (TPSA) is 69.4 Å². The van der Waals surface area contributed by atoms with Crippen LogP contribution < -0.4 is 4.74 Å². The Kier molecular flexibility index (Phi) is 4.64. The van der Waals surface area contributed by atoms with Crippen molar-refractivity contribution < 1.29 is 18.8 Å². The van der Waals surface area contributed by atoms with Crippen molar-refractivity contribution in [3.05, 3.63) is 68.4 Å². The van der Waals surface area contributed by atoms with Gasteiger partial charge >= 0.3 is 0 Å². The number of non-ortho nitro benzene ring substituents is 1. The molecule has 0 aliphatic rings. The molecular formula is C14H9BrFNO4. The second kappa shape index (κ2) is 6.45. The number of ketones is 1. The van der Waals surface area contributed by atoms with Crippen LogP contribution in [0.2, 0.25) is 0 Å². The van der Waals surface area contributed by atoms with E-state index in [0.717, 1.165) is 6.07 Å². The van der Waals surface area contributed by atoms with Crippen LogP contribution in [0.15, 0.2) is 46.9 Å². The van der Waals surface area contributed by atoms with Gasteiger partial charge in [0, 0.05) is 28.2 Å². The van der Waals surface area contributed by atoms with Gasteiger partial charge in [-0.2, -0.15) is 0 Å². The molecule has 2 aromatic carbocycles. The minimum Gasteiger partial charge on any atom is -0.485 e. The van der Waals surface area contributed by atoms with Crippen LogP contribution in [-0.2, 0) is 0 Å². The molecule has 0 fully saturated rings. The number of carbonyl (C=O) groups excluding carboxylic acids is 1. The second-order valence-corrected chi connectivity index (χ2v) is 5.04. The average molecular weight is 354 g/mol. The summed E-state index contributed by atoms with van der Waals surface area (Å²) in [5.74, 6) is -0.734. The van der Waals surface area contributed by atoms with Gasteiger partial charge in [-0.25, -0.2) is 4.39 Å². The van der Waals surface area contributed by atoms with Crippen LogP contribution in [0, 0.1) is 15.9 Å². The maximum absolute atomic E-state index is 13.1. The van der Waals surface area contributed by atoms with E-state index in [4.69, 9.17) is 4.74 Å². The van der Waals surface area contributed by atoms with Crippen molar-refractivity contribution in [2.75, 3.05) is 6.61 Å². The standard InChI is InChI=1S/C14H9BrFNO4/c15-10-5-11(16)7-13(6-10)21-8-14(18)9-2-1-3-12(4-9)17(19)20/h1-7H,8H2. The van der Waals surface area contributed by atoms with Crippen molar-refractivity contribution in [3.8, 4) is 5.75 Å². The first-order valence-corrected chi connectivity index (χ1v) is 6.61. The van der Waals surface area contributed by atoms with E-state index in [0.29, 0.717) is 4.47 Å². The molecule has 0 saturated carbocycles. The summed E-state index contributed by atoms with van der Waals surface area (Å²) in [6.45, 7) is -0.336. The van der Waals surface area contributed by atoms with E-state index in [1.54, 1.807) is 0 Å². The summed E-state index contributed by atoms with van der Waals surface area (Å²) in [6.07, 6.45) is 0. The summed E-state index contributed by atoms with van der Waals surface area (Å²) in [7, 11) is 0. The fraction of sp³-hybridized carbons (Fsp3) is 0.0714. The van der Waals surface area contributed by atoms with Gasteiger partial charge in [0.05, 0.1) is 4.92 Å². The smallest absolute Gasteiger partial charge is 0.270 e. The first-order valence-electron chi connectivity index (χ1n) is 5.82. The summed E-state index contributed by atoms with van der Waals surface area (Å²) in [5, 5.41) is 10.6. The number of halogens is 2. The molecule has 0 bridgehead atoms. The monoisotopic (exact) mass is 353 g/mol. The Balaban J connectivity index is 2.08. The number of hydrogen-bond acceptors (Lipinski definition) is 4. The highest BCUT2D eigenvalue weighted by molar-refractivity contribution is 9.10. The number of nitrogens with zero attached hydrogens (tertiary/aromatic N) is 1. The number of rotatable bonds is 5. The number of hydrogen-bond donors (Lipinski definition) is 0. The Bertz CT molecular complexity index is 685. The Labute approximate surface area is 127 Å². The Hall–Kier alpha value is -2.28. The zero-order valence-electron chi connectivity index (χ0n) is 10.6. The van der Waals surface area contributed by atoms with Gasteiger partial charge in [0.15, 0.2) is 12.4 Å². The summed E-state index contributed by atoms with van der Waals surface area (Å²) in [4.78, 5) is 22.0. The number of benzene rings is 2. The molecule has 0 unspecified atom stereocenters. The van der Waals surface area contributed by atoms with Gasteiger partial charge in [-0.05, 0) is 12.1 Å². The van der Waals surface area contributed by atoms with Crippen molar-refractivity contribution in [3.63, 3.8) is 0 Å². The van der Waals surface area contributed by atoms with E-state index >= 15 is 0 Å². The molecule has 2 rings (SSSR count). The minimum atomic E-state index is -0.582. The van der Waals surface area contributed by atoms with Crippen LogP contribution in [0.25, 0.3) is 0 Å². The molecule has 0 aromatic heterocycles. The second-order valence-electron chi connectivity index (χ2n) is 4.12. The first kappa shape index (κ1) is 15.1. The quantitative estimate of drug-likeness (QED) is 0.466. The average Bonchev–Trinajstić information content (AvgIpc) is 2.44. The Morgan fingerprint density at radius 1 is 1.29 bits per heavy atom. The highest BCUT2D eigenvalue weighted by Gasteiger charge is 2.12. The molecule has 0 aliphatic carbocycles. The molecule has 21 heavy (non-hydrogen) atoms. The third-order valence-electron chi connectivity index (χ3n) is 2.58. The fourth-order valence-electron chi connectivity index (χ4n) is 1.64. The molecule has 0 radical (unpaired) electrons. The number of nitro groups is 1. The molecule has 5 nitrogen and oxygen atoms in total. The summed E-state index contributed by atoms with van der Waals surface area (Å²) in [6, 6.07) is 9.27. The minimum absolute atomic E-state index is 0.166. The Morgan fingerprint density at radius 2 is 2.05 bits per heavy atom. The lowest BCUT2D eigenvalue weighted by atomic mass is 10.1. The third-order valence-corrected chi connectivity index (χ3v) is 3.04. The SMILES string of the molecule is O=C(COc1cc(F)cc(Br)c1)c1cccc([N+](=O)[O-])c1. The number of carbonyl (C=O) groups is 1. The van der Waals surface area contributed by atoms with E-state index < -0.39 is 16.5 Å². The molecule has 0 N–H and O–H groups in total. The van der Waals surface area contributed by atoms with Gasteiger partial charge < -0.3 is 4.74 Å². The van der Waals surface area contributed by atoms with Crippen LogP contribution in [0.4, 0.5) is 10.1 Å². The van der Waals surface area contributed by atoms with Crippen LogP contribution in [0.1, 0.15) is 10.4 Å². The van der Waals surface area contributed by atoms with E-state index in [-0.39, 0.29) is 23.6 Å². The number of Topliss-reactive ketones (excluding diaryl/α,β-unsaturated/α-hetero) is 1. The maximum atomic E-state index is 13.1. The highest BCUT2D eigenvalue weighted by Crippen LogP contribution is 2.21. The Morgan fingerprint density at radius 3 is 2.71 bits per heavy atom. The molecule has 0 saturated heterocycles. The van der Waals surface area contributed by atoms with Crippen LogP contribution in [-0.4, -0.2) is 17.3 Å². The van der Waals surface area contributed by atoms with E-state index in [1.165, 1.54) is 36.4 Å². The molecule has 2 aromatic rings. The normalized spacial score (nSPS) is 10.2. The molecule has 0 aliphatic heterocycles. The molecular weight excluding hydrogens is 345 g/mol. The van der Waals surface area contributed by atoms with Crippen molar-refractivity contribution in [1.29, 1.82) is 0 Å². The first-order chi connectivity index (χ1) is 9.95. The zero-order valence-corrected chi connectivity index (χ0v) is 12.2. The van der Waals surface area contributed by atoms with Gasteiger partial charge in [0.1, 0.15) is 11.6 Å². The van der Waals surface area contributed by atoms with E-state index in [9.17, 15) is 19.3 Å². The fourth-order valence-corrected chi connectivity index (χ4v) is 2.08. The van der Waals surface area contributed by atoms with Gasteiger partial charge in [0.2, 0.25) is 0 Å². The summed E-state index contributed by atoms with van der Waals surface area (Å²) < 4.78 is 18.8. The molecule has 0 spiro atoms.